The number of hydrogen-bond donors (Lipinski definition) is 0. The fourth-order valence-corrected chi connectivity index (χ4v) is 20.7. The van der Waals surface area contributed by atoms with Gasteiger partial charge >= 0.3 is 0 Å². The van der Waals surface area contributed by atoms with E-state index in [4.69, 9.17) is 0 Å². The zero-order valence-electron chi connectivity index (χ0n) is 59.3. The van der Waals surface area contributed by atoms with Crippen LogP contribution in [0, 0.1) is 47.3 Å². The van der Waals surface area contributed by atoms with Gasteiger partial charge in [-0.1, -0.05) is 275 Å². The SMILES string of the molecule is CC(C)CCCC(C)CCc1ccc(-c2ccc3c(ccc4sc5c(sc6ccc7cc(CCC(C)CCCC(C)C)ccc7c65)c43)c2)cc1.CC(C)CCCC(C)CCc1ccc2c(ccc3sc4c(sc5ccc6cc(CCC(C)CCCC(C)C)ccc6c54)c32)c1. The fraction of sp³-hybridized carbons (Fsp3) is 0.444. The number of rotatable bonds is 29. The molecule has 4 unspecified atom stereocenters. The molecular weight excluding hydrogens is 1210 g/mol. The maximum Gasteiger partial charge on any atom is 0.0548 e. The highest BCUT2D eigenvalue weighted by atomic mass is 32.1. The van der Waals surface area contributed by atoms with E-state index in [9.17, 15) is 0 Å². The zero-order chi connectivity index (χ0) is 65.6. The first kappa shape index (κ1) is 68.3. The number of benzene rings is 9. The summed E-state index contributed by atoms with van der Waals surface area (Å²) in [5.41, 5.74) is 8.53. The molecule has 9 aromatic carbocycles. The Labute approximate surface area is 581 Å². The van der Waals surface area contributed by atoms with Crippen molar-refractivity contribution in [1.29, 1.82) is 0 Å². The fourth-order valence-electron chi connectivity index (χ4n) is 15.2. The summed E-state index contributed by atoms with van der Waals surface area (Å²) in [6.45, 7) is 28.5. The smallest absolute Gasteiger partial charge is 0.0548 e. The Morgan fingerprint density at radius 3 is 0.787 bits per heavy atom. The third-order valence-corrected chi connectivity index (χ3v) is 26.1. The van der Waals surface area contributed by atoms with E-state index >= 15 is 0 Å². The van der Waals surface area contributed by atoms with E-state index in [-0.39, 0.29) is 0 Å². The largest absolute Gasteiger partial charge is 0.134 e. The normalized spacial score (nSPS) is 13.7. The minimum atomic E-state index is 0.793. The average molecular weight is 1320 g/mol. The van der Waals surface area contributed by atoms with E-state index in [0.717, 1.165) is 47.3 Å². The van der Waals surface area contributed by atoms with Gasteiger partial charge in [0.05, 0.1) is 18.8 Å². The van der Waals surface area contributed by atoms with Crippen LogP contribution in [-0.2, 0) is 25.7 Å². The van der Waals surface area contributed by atoms with Crippen molar-refractivity contribution in [3.63, 3.8) is 0 Å². The molecule has 4 heterocycles. The Bertz CT molecular complexity index is 4530. The summed E-state index contributed by atoms with van der Waals surface area (Å²) in [4.78, 5) is 0. The molecule has 13 aromatic rings. The first-order valence-electron chi connectivity index (χ1n) is 37.0. The predicted molar refractivity (Wildman–Crippen MR) is 430 cm³/mol. The van der Waals surface area contributed by atoms with Gasteiger partial charge in [0.2, 0.25) is 0 Å². The topological polar surface area (TPSA) is 0 Å². The lowest BCUT2D eigenvalue weighted by Crippen LogP contribution is -1.99. The molecule has 0 spiro atoms. The molecule has 13 rings (SSSR count). The van der Waals surface area contributed by atoms with Crippen molar-refractivity contribution in [2.24, 2.45) is 47.3 Å². The van der Waals surface area contributed by atoms with Crippen LogP contribution in [0.2, 0.25) is 0 Å². The summed E-state index contributed by atoms with van der Waals surface area (Å²) >= 11 is 7.95. The van der Waals surface area contributed by atoms with Crippen molar-refractivity contribution in [3.05, 3.63) is 168 Å². The van der Waals surface area contributed by atoms with Crippen LogP contribution in [0.1, 0.15) is 208 Å². The summed E-state index contributed by atoms with van der Waals surface area (Å²) < 4.78 is 11.5. The average Bonchev–Trinajstić information content (AvgIpc) is 1.57. The van der Waals surface area contributed by atoms with Crippen LogP contribution in [0.25, 0.3) is 113 Å². The first-order chi connectivity index (χ1) is 45.5. The van der Waals surface area contributed by atoms with Gasteiger partial charge in [-0.15, -0.1) is 45.3 Å². The van der Waals surface area contributed by atoms with Crippen molar-refractivity contribution in [2.75, 3.05) is 0 Å². The molecule has 0 fully saturated rings. The Morgan fingerprint density at radius 2 is 0.489 bits per heavy atom. The molecule has 4 atom stereocenters. The standard InChI is InChI=1S/C48H56S2.C42H52S2/c1-31(2)9-7-11-33(5)13-15-35-17-20-37(21-18-35)38-22-26-42-40(30-38)24-28-44-46(42)48-47(50-44)45-41-25-19-36(29-39(41)23-27-43(45)49-48)16-14-34(6)12-8-10-32(3)4;1-27(2)9-7-11-29(5)13-15-31-17-21-35-33(25-31)19-23-37-39(35)41-42(43-37)40-36-22-18-32(26-34(36)20-24-38(40)44-41)16-14-30(6)12-8-10-28(3)4/h17-34H,7-16H2,1-6H3;17-30H,7-16H2,1-6H3. The molecule has 0 aliphatic rings. The van der Waals surface area contributed by atoms with Crippen molar-refractivity contribution in [2.45, 2.75) is 212 Å². The molecule has 4 heteroatoms. The molecule has 0 amide bonds. The molecular formula is C90H108S4. The van der Waals surface area contributed by atoms with Gasteiger partial charge in [0.25, 0.3) is 0 Å². The Balaban J connectivity index is 0.000000182. The predicted octanol–water partition coefficient (Wildman–Crippen LogP) is 30.4. The van der Waals surface area contributed by atoms with Gasteiger partial charge in [-0.05, 0) is 206 Å². The third kappa shape index (κ3) is 16.3. The van der Waals surface area contributed by atoms with Gasteiger partial charge in [-0.25, -0.2) is 0 Å². The molecule has 0 N–H and O–H groups in total. The van der Waals surface area contributed by atoms with Gasteiger partial charge in [-0.3, -0.25) is 0 Å². The van der Waals surface area contributed by atoms with Crippen molar-refractivity contribution < 1.29 is 0 Å². The summed E-state index contributed by atoms with van der Waals surface area (Å²) in [6.07, 6.45) is 26.2. The molecule has 0 nitrogen and oxygen atoms in total. The molecule has 0 aliphatic heterocycles. The second-order valence-electron chi connectivity index (χ2n) is 31.2. The maximum atomic E-state index is 2.47. The molecule has 492 valence electrons. The van der Waals surface area contributed by atoms with Crippen LogP contribution >= 0.6 is 45.3 Å². The molecule has 4 aromatic heterocycles. The van der Waals surface area contributed by atoms with Crippen molar-refractivity contribution in [3.8, 4) is 11.1 Å². The lowest BCUT2D eigenvalue weighted by molar-refractivity contribution is 0.437. The van der Waals surface area contributed by atoms with E-state index in [1.165, 1.54) is 264 Å². The van der Waals surface area contributed by atoms with Crippen LogP contribution in [-0.4, -0.2) is 0 Å². The summed E-state index contributed by atoms with van der Waals surface area (Å²) in [7, 11) is 0. The number of hydrogen-bond acceptors (Lipinski definition) is 4. The van der Waals surface area contributed by atoms with Crippen LogP contribution in [0.5, 0.6) is 0 Å². The summed E-state index contributed by atoms with van der Waals surface area (Å²) in [6, 6.07) is 57.3. The van der Waals surface area contributed by atoms with Gasteiger partial charge in [0.15, 0.2) is 0 Å². The van der Waals surface area contributed by atoms with E-state index in [1.54, 1.807) is 0 Å². The quantitative estimate of drug-likeness (QED) is 0.0438. The first-order valence-corrected chi connectivity index (χ1v) is 40.3. The van der Waals surface area contributed by atoms with E-state index < -0.39 is 0 Å². The molecule has 0 aliphatic carbocycles. The molecule has 0 saturated heterocycles. The monoisotopic (exact) mass is 1320 g/mol. The van der Waals surface area contributed by atoms with E-state index in [0.29, 0.717) is 0 Å². The summed E-state index contributed by atoms with van der Waals surface area (Å²) in [5.74, 6) is 6.48. The minimum absolute atomic E-state index is 0.793. The van der Waals surface area contributed by atoms with Crippen LogP contribution in [0.4, 0.5) is 0 Å². The van der Waals surface area contributed by atoms with Crippen molar-refractivity contribution in [1.82, 2.24) is 0 Å². The number of aryl methyl sites for hydroxylation is 4. The van der Waals surface area contributed by atoms with Gasteiger partial charge in [0.1, 0.15) is 0 Å². The second-order valence-corrected chi connectivity index (χ2v) is 35.4. The molecule has 0 saturated carbocycles. The Kier molecular flexibility index (Phi) is 22.7. The van der Waals surface area contributed by atoms with E-state index in [2.05, 4.69) is 229 Å². The van der Waals surface area contributed by atoms with Crippen LogP contribution in [0.3, 0.4) is 0 Å². The van der Waals surface area contributed by atoms with Crippen LogP contribution < -0.4 is 0 Å². The highest BCUT2D eigenvalue weighted by molar-refractivity contribution is 7.37. The highest BCUT2D eigenvalue weighted by Gasteiger charge is 2.20. The number of thiophene rings is 4. The van der Waals surface area contributed by atoms with Gasteiger partial charge < -0.3 is 0 Å². The number of fused-ring (bicyclic) bond motifs is 18. The highest BCUT2D eigenvalue weighted by Crippen LogP contribution is 2.51. The maximum absolute atomic E-state index is 2.47. The van der Waals surface area contributed by atoms with Crippen LogP contribution in [0.15, 0.2) is 146 Å². The van der Waals surface area contributed by atoms with Gasteiger partial charge in [-0.2, -0.15) is 0 Å². The lowest BCUT2D eigenvalue weighted by atomic mass is 9.93. The second kappa shape index (κ2) is 31.3. The third-order valence-electron chi connectivity index (χ3n) is 21.2. The van der Waals surface area contributed by atoms with Crippen molar-refractivity contribution >= 4 is 148 Å². The molecule has 94 heavy (non-hydrogen) atoms. The summed E-state index contributed by atoms with van der Waals surface area (Å²) in [5, 5.41) is 17.0. The van der Waals surface area contributed by atoms with E-state index in [1.807, 2.05) is 45.3 Å². The van der Waals surface area contributed by atoms with Gasteiger partial charge in [0, 0.05) is 40.3 Å². The Morgan fingerprint density at radius 1 is 0.234 bits per heavy atom. The lowest BCUT2D eigenvalue weighted by Gasteiger charge is -2.13. The zero-order valence-corrected chi connectivity index (χ0v) is 62.5. The Hall–Kier alpha value is -5.62. The molecule has 0 radical (unpaired) electrons. The molecule has 0 bridgehead atoms. The minimum Gasteiger partial charge on any atom is -0.134 e.